The van der Waals surface area contributed by atoms with Crippen LogP contribution in [-0.4, -0.2) is 18.5 Å². The van der Waals surface area contributed by atoms with Crippen molar-refractivity contribution in [3.63, 3.8) is 0 Å². The molecule has 13 heavy (non-hydrogen) atoms. The predicted octanol–water partition coefficient (Wildman–Crippen LogP) is 2.77. The van der Waals surface area contributed by atoms with E-state index in [2.05, 4.69) is 29.1 Å². The molecule has 1 unspecified atom stereocenters. The summed E-state index contributed by atoms with van der Waals surface area (Å²) in [6, 6.07) is 0. The summed E-state index contributed by atoms with van der Waals surface area (Å²) in [5, 5.41) is 0.810. The second-order valence-corrected chi connectivity index (χ2v) is 3.42. The number of alkyl halides is 1. The first-order valence-corrected chi connectivity index (χ1v) is 5.16. The predicted molar refractivity (Wildman–Crippen MR) is 56.7 cm³/mol. The summed E-state index contributed by atoms with van der Waals surface area (Å²) in [4.78, 5) is 0. The molecule has 0 aromatic carbocycles. The number of rotatable bonds is 4. The fourth-order valence-electron chi connectivity index (χ4n) is 1.25. The third kappa shape index (κ3) is 2.15. The number of methoxy groups -OCH3 is 1. The van der Waals surface area contributed by atoms with Crippen LogP contribution in [0.1, 0.15) is 6.42 Å². The second-order valence-electron chi connectivity index (χ2n) is 2.77. The monoisotopic (exact) mass is 244 g/mol. The van der Waals surface area contributed by atoms with Gasteiger partial charge in [0, 0.05) is 17.3 Å². The highest BCUT2D eigenvalue weighted by atomic mass is 79.9. The van der Waals surface area contributed by atoms with Gasteiger partial charge in [-0.1, -0.05) is 29.1 Å². The van der Waals surface area contributed by atoms with Crippen LogP contribution in [-0.2, 0) is 9.47 Å². The minimum atomic E-state index is 0.176. The van der Waals surface area contributed by atoms with Gasteiger partial charge in [0.25, 0.3) is 0 Å². The average molecular weight is 245 g/mol. The molecule has 0 amide bonds. The lowest BCUT2D eigenvalue weighted by Crippen LogP contribution is -2.07. The van der Waals surface area contributed by atoms with Gasteiger partial charge in [-0.3, -0.25) is 0 Å². The van der Waals surface area contributed by atoms with E-state index in [4.69, 9.17) is 9.47 Å². The lowest BCUT2D eigenvalue weighted by atomic mass is 10.1. The number of hydrogen-bond acceptors (Lipinski definition) is 2. The fourth-order valence-corrected chi connectivity index (χ4v) is 1.61. The smallest absolute Gasteiger partial charge is 0.126 e. The zero-order valence-corrected chi connectivity index (χ0v) is 9.26. The van der Waals surface area contributed by atoms with Crippen molar-refractivity contribution in [3.8, 4) is 0 Å². The maximum absolute atomic E-state index is 5.57. The first-order chi connectivity index (χ1) is 6.22. The van der Waals surface area contributed by atoms with Gasteiger partial charge in [0.2, 0.25) is 0 Å². The molecule has 1 atom stereocenters. The van der Waals surface area contributed by atoms with Crippen LogP contribution in [0.2, 0.25) is 0 Å². The molecule has 0 radical (unpaired) electrons. The Labute approximate surface area is 87.0 Å². The van der Waals surface area contributed by atoms with Gasteiger partial charge in [-0.15, -0.1) is 0 Å². The van der Waals surface area contributed by atoms with Gasteiger partial charge in [-0.2, -0.15) is 0 Å². The maximum Gasteiger partial charge on any atom is 0.126 e. The van der Waals surface area contributed by atoms with Gasteiger partial charge in [-0.25, -0.2) is 0 Å². The van der Waals surface area contributed by atoms with Crippen LogP contribution in [0.4, 0.5) is 0 Å². The lowest BCUT2D eigenvalue weighted by molar-refractivity contribution is 0.175. The second kappa shape index (κ2) is 4.51. The van der Waals surface area contributed by atoms with Crippen molar-refractivity contribution in [2.75, 3.05) is 12.4 Å². The van der Waals surface area contributed by atoms with Gasteiger partial charge < -0.3 is 9.47 Å². The van der Waals surface area contributed by atoms with Crippen molar-refractivity contribution in [3.05, 3.63) is 36.3 Å². The van der Waals surface area contributed by atoms with E-state index in [1.54, 1.807) is 13.2 Å². The maximum atomic E-state index is 5.57. The molecule has 0 N–H and O–H groups in total. The molecule has 0 aromatic heterocycles. The lowest BCUT2D eigenvalue weighted by Gasteiger charge is -2.06. The molecule has 1 aliphatic rings. The molecular weight excluding hydrogens is 232 g/mol. The molecule has 3 heteroatoms. The number of halogens is 1. The number of ether oxygens (including phenoxy) is 2. The Kier molecular flexibility index (Phi) is 3.60. The first kappa shape index (κ1) is 10.4. The third-order valence-electron chi connectivity index (χ3n) is 1.96. The minimum Gasteiger partial charge on any atom is -0.497 e. The summed E-state index contributed by atoms with van der Waals surface area (Å²) in [6.45, 7) is 7.48. The van der Waals surface area contributed by atoms with Gasteiger partial charge in [-0.05, 0) is 6.08 Å². The molecule has 0 aliphatic carbocycles. The van der Waals surface area contributed by atoms with Crippen LogP contribution in [0.5, 0.6) is 0 Å². The van der Waals surface area contributed by atoms with E-state index in [1.807, 2.05) is 0 Å². The summed E-state index contributed by atoms with van der Waals surface area (Å²) in [7, 11) is 1.61. The minimum absolute atomic E-state index is 0.176. The zero-order valence-electron chi connectivity index (χ0n) is 7.68. The Hall–Kier alpha value is -0.700. The molecule has 0 fully saturated rings. The zero-order chi connectivity index (χ0) is 9.84. The van der Waals surface area contributed by atoms with E-state index in [0.717, 1.165) is 23.1 Å². The van der Waals surface area contributed by atoms with E-state index in [1.165, 1.54) is 0 Å². The fraction of sp³-hybridized carbons (Fsp3) is 0.400. The van der Waals surface area contributed by atoms with E-state index >= 15 is 0 Å². The van der Waals surface area contributed by atoms with E-state index in [0.29, 0.717) is 5.76 Å². The Morgan fingerprint density at radius 3 is 3.00 bits per heavy atom. The summed E-state index contributed by atoms with van der Waals surface area (Å²) in [6.07, 6.45) is 2.71. The number of allylic oxidation sites excluding steroid dienone is 2. The molecule has 72 valence electrons. The molecule has 1 rings (SSSR count). The van der Waals surface area contributed by atoms with E-state index in [-0.39, 0.29) is 6.10 Å². The van der Waals surface area contributed by atoms with E-state index < -0.39 is 0 Å². The van der Waals surface area contributed by atoms with Gasteiger partial charge in [0.05, 0.1) is 7.11 Å². The molecule has 0 saturated heterocycles. The summed E-state index contributed by atoms with van der Waals surface area (Å²) in [5.41, 5.74) is 1.02. The van der Waals surface area contributed by atoms with Crippen LogP contribution in [0, 0.1) is 0 Å². The summed E-state index contributed by atoms with van der Waals surface area (Å²) < 4.78 is 10.6. The largest absolute Gasteiger partial charge is 0.497 e. The highest BCUT2D eigenvalue weighted by molar-refractivity contribution is 9.09. The normalized spacial score (nSPS) is 21.2. The van der Waals surface area contributed by atoms with Gasteiger partial charge in [0.15, 0.2) is 0 Å². The van der Waals surface area contributed by atoms with Gasteiger partial charge >= 0.3 is 0 Å². The molecular formula is C10H13BrO2. The van der Waals surface area contributed by atoms with Crippen molar-refractivity contribution in [1.29, 1.82) is 0 Å². The summed E-state index contributed by atoms with van der Waals surface area (Å²) in [5.74, 6) is 1.45. The van der Waals surface area contributed by atoms with Gasteiger partial charge in [0.1, 0.15) is 17.6 Å². The third-order valence-corrected chi connectivity index (χ3v) is 2.69. The Balaban J connectivity index is 2.79. The molecule has 0 bridgehead atoms. The molecule has 1 heterocycles. The summed E-state index contributed by atoms with van der Waals surface area (Å²) >= 11 is 3.37. The van der Waals surface area contributed by atoms with Crippen molar-refractivity contribution >= 4 is 15.9 Å². The number of hydrogen-bond donors (Lipinski definition) is 0. The van der Waals surface area contributed by atoms with Crippen molar-refractivity contribution < 1.29 is 9.47 Å². The molecule has 2 nitrogen and oxygen atoms in total. The molecule has 1 aliphatic heterocycles. The van der Waals surface area contributed by atoms with Crippen molar-refractivity contribution in [1.82, 2.24) is 0 Å². The average Bonchev–Trinajstić information content (AvgIpc) is 2.59. The van der Waals surface area contributed by atoms with Crippen LogP contribution in [0.15, 0.2) is 36.3 Å². The molecule has 0 aromatic rings. The Bertz CT molecular complexity index is 256. The SMILES string of the molecule is C=CC1=C(C(=C)OC)CC(CBr)O1. The van der Waals surface area contributed by atoms with Crippen LogP contribution < -0.4 is 0 Å². The Morgan fingerprint density at radius 2 is 2.54 bits per heavy atom. The van der Waals surface area contributed by atoms with Crippen molar-refractivity contribution in [2.45, 2.75) is 12.5 Å². The highest BCUT2D eigenvalue weighted by Gasteiger charge is 2.25. The topological polar surface area (TPSA) is 18.5 Å². The van der Waals surface area contributed by atoms with Crippen molar-refractivity contribution in [2.24, 2.45) is 0 Å². The van der Waals surface area contributed by atoms with Crippen LogP contribution >= 0.6 is 15.9 Å². The van der Waals surface area contributed by atoms with Crippen LogP contribution in [0.3, 0.4) is 0 Å². The quantitative estimate of drug-likeness (QED) is 0.560. The van der Waals surface area contributed by atoms with E-state index in [9.17, 15) is 0 Å². The molecule has 0 spiro atoms. The molecule has 0 saturated carbocycles. The standard InChI is InChI=1S/C10H13BrO2/c1-4-10-9(7(2)12-3)5-8(6-11)13-10/h4,8H,1-2,5-6H2,3H3. The highest BCUT2D eigenvalue weighted by Crippen LogP contribution is 2.31. The van der Waals surface area contributed by atoms with Crippen LogP contribution in [0.25, 0.3) is 0 Å². The Morgan fingerprint density at radius 1 is 1.85 bits per heavy atom. The first-order valence-electron chi connectivity index (χ1n) is 4.04.